The Hall–Kier alpha value is 0.170. The molecule has 1 aliphatic carbocycles. The molecule has 1 N–H and O–H groups in total. The number of hydrogen-bond donors (Lipinski definition) is 1. The van der Waals surface area contributed by atoms with Crippen molar-refractivity contribution in [3.05, 3.63) is 0 Å². The van der Waals surface area contributed by atoms with Gasteiger partial charge in [0, 0.05) is 45.1 Å². The maximum atomic E-state index is 9.44. The number of alkyl halides is 1. The number of halogens is 1. The average molecular weight is 233 g/mol. The van der Waals surface area contributed by atoms with Crippen LogP contribution in [0.4, 0.5) is 0 Å². The van der Waals surface area contributed by atoms with E-state index >= 15 is 0 Å². The van der Waals surface area contributed by atoms with Gasteiger partial charge in [-0.25, -0.2) is 0 Å². The fourth-order valence-corrected chi connectivity index (χ4v) is 2.26. The molecule has 0 aromatic rings. The van der Waals surface area contributed by atoms with Crippen LogP contribution in [0.3, 0.4) is 0 Å². The maximum Gasteiger partial charge on any atom is 0.0802 e. The molecule has 2 rings (SSSR count). The van der Waals surface area contributed by atoms with E-state index in [2.05, 4.69) is 9.80 Å². The van der Waals surface area contributed by atoms with Crippen molar-refractivity contribution < 1.29 is 5.11 Å². The van der Waals surface area contributed by atoms with Crippen molar-refractivity contribution in [1.82, 2.24) is 9.80 Å². The Morgan fingerprint density at radius 1 is 1.13 bits per heavy atom. The van der Waals surface area contributed by atoms with E-state index in [0.29, 0.717) is 5.88 Å². The first kappa shape index (κ1) is 11.6. The van der Waals surface area contributed by atoms with E-state index in [1.807, 2.05) is 0 Å². The normalized spacial score (nSPS) is 26.8. The Morgan fingerprint density at radius 2 is 1.73 bits per heavy atom. The lowest BCUT2D eigenvalue weighted by molar-refractivity contribution is 0.0804. The Kier molecular flexibility index (Phi) is 4.26. The van der Waals surface area contributed by atoms with Gasteiger partial charge in [0.05, 0.1) is 6.10 Å². The zero-order valence-electron chi connectivity index (χ0n) is 9.24. The summed E-state index contributed by atoms with van der Waals surface area (Å²) in [6.07, 6.45) is 2.51. The van der Waals surface area contributed by atoms with Gasteiger partial charge in [-0.2, -0.15) is 0 Å². The zero-order chi connectivity index (χ0) is 10.7. The van der Waals surface area contributed by atoms with Gasteiger partial charge in [-0.3, -0.25) is 4.90 Å². The van der Waals surface area contributed by atoms with E-state index < -0.39 is 0 Å². The number of aliphatic hydroxyl groups is 1. The molecule has 1 unspecified atom stereocenters. The van der Waals surface area contributed by atoms with Crippen LogP contribution in [0, 0.1) is 5.92 Å². The van der Waals surface area contributed by atoms with E-state index in [9.17, 15) is 5.11 Å². The second-order valence-electron chi connectivity index (χ2n) is 4.85. The molecule has 1 heterocycles. The summed E-state index contributed by atoms with van der Waals surface area (Å²) in [5.41, 5.74) is 0. The highest BCUT2D eigenvalue weighted by atomic mass is 35.5. The molecular formula is C11H21ClN2O. The standard InChI is InChI=1S/C11H21ClN2O/c12-7-11(15)9-14-5-3-13(4-6-14)8-10-1-2-10/h10-11,15H,1-9H2. The predicted octanol–water partition coefficient (Wildman–Crippen LogP) is 0.614. The first-order valence-electron chi connectivity index (χ1n) is 5.96. The highest BCUT2D eigenvalue weighted by molar-refractivity contribution is 6.18. The summed E-state index contributed by atoms with van der Waals surface area (Å²) < 4.78 is 0. The predicted molar refractivity (Wildman–Crippen MR) is 62.3 cm³/mol. The molecule has 1 aliphatic heterocycles. The van der Waals surface area contributed by atoms with Crippen molar-refractivity contribution in [3.8, 4) is 0 Å². The Morgan fingerprint density at radius 3 is 2.27 bits per heavy atom. The highest BCUT2D eigenvalue weighted by Gasteiger charge is 2.26. The molecule has 88 valence electrons. The molecule has 0 radical (unpaired) electrons. The largest absolute Gasteiger partial charge is 0.391 e. The monoisotopic (exact) mass is 232 g/mol. The smallest absolute Gasteiger partial charge is 0.0802 e. The highest BCUT2D eigenvalue weighted by Crippen LogP contribution is 2.29. The summed E-state index contributed by atoms with van der Waals surface area (Å²) in [6, 6.07) is 0. The molecule has 1 saturated carbocycles. The molecule has 0 bridgehead atoms. The van der Waals surface area contributed by atoms with Crippen LogP contribution in [-0.2, 0) is 0 Å². The summed E-state index contributed by atoms with van der Waals surface area (Å²) in [5, 5.41) is 9.44. The Labute approximate surface area is 97.0 Å². The van der Waals surface area contributed by atoms with Gasteiger partial charge in [0.2, 0.25) is 0 Å². The minimum atomic E-state index is -0.360. The molecule has 2 fully saturated rings. The number of rotatable bonds is 5. The molecule has 4 heteroatoms. The minimum absolute atomic E-state index is 0.349. The molecule has 0 amide bonds. The second-order valence-corrected chi connectivity index (χ2v) is 5.16. The first-order valence-corrected chi connectivity index (χ1v) is 6.50. The Bertz CT molecular complexity index is 191. The zero-order valence-corrected chi connectivity index (χ0v) is 9.99. The van der Waals surface area contributed by atoms with E-state index in [1.54, 1.807) is 0 Å². The number of piperazine rings is 1. The number of aliphatic hydroxyl groups excluding tert-OH is 1. The van der Waals surface area contributed by atoms with Gasteiger partial charge < -0.3 is 10.0 Å². The fourth-order valence-electron chi connectivity index (χ4n) is 2.17. The quantitative estimate of drug-likeness (QED) is 0.704. The lowest BCUT2D eigenvalue weighted by Crippen LogP contribution is -2.49. The molecule has 2 aliphatic rings. The van der Waals surface area contributed by atoms with E-state index in [1.165, 1.54) is 19.4 Å². The van der Waals surface area contributed by atoms with Gasteiger partial charge in [-0.1, -0.05) is 0 Å². The maximum absolute atomic E-state index is 9.44. The van der Waals surface area contributed by atoms with Crippen molar-refractivity contribution >= 4 is 11.6 Å². The van der Waals surface area contributed by atoms with Crippen LogP contribution in [0.2, 0.25) is 0 Å². The number of hydrogen-bond acceptors (Lipinski definition) is 3. The Balaban J connectivity index is 1.62. The summed E-state index contributed by atoms with van der Waals surface area (Å²) in [6.45, 7) is 6.52. The van der Waals surface area contributed by atoms with Crippen LogP contribution in [0.25, 0.3) is 0 Å². The molecule has 15 heavy (non-hydrogen) atoms. The molecule has 3 nitrogen and oxygen atoms in total. The van der Waals surface area contributed by atoms with Crippen molar-refractivity contribution in [2.24, 2.45) is 5.92 Å². The van der Waals surface area contributed by atoms with Crippen molar-refractivity contribution in [2.75, 3.05) is 45.1 Å². The summed E-state index contributed by atoms with van der Waals surface area (Å²) in [5.74, 6) is 1.34. The topological polar surface area (TPSA) is 26.7 Å². The van der Waals surface area contributed by atoms with Gasteiger partial charge in [0.25, 0.3) is 0 Å². The lowest BCUT2D eigenvalue weighted by Gasteiger charge is -2.35. The van der Waals surface area contributed by atoms with Crippen molar-refractivity contribution in [3.63, 3.8) is 0 Å². The van der Waals surface area contributed by atoms with Gasteiger partial charge in [-0.15, -0.1) is 11.6 Å². The van der Waals surface area contributed by atoms with Crippen LogP contribution in [0.1, 0.15) is 12.8 Å². The third-order valence-electron chi connectivity index (χ3n) is 3.33. The van der Waals surface area contributed by atoms with E-state index in [-0.39, 0.29) is 6.10 Å². The number of β-amino-alcohol motifs (C(OH)–C–C–N with tert-alkyl or cyclic N) is 1. The van der Waals surface area contributed by atoms with E-state index in [0.717, 1.165) is 38.6 Å². The summed E-state index contributed by atoms with van der Waals surface area (Å²) >= 11 is 5.59. The van der Waals surface area contributed by atoms with Gasteiger partial charge in [0.15, 0.2) is 0 Å². The molecule has 0 aromatic carbocycles. The minimum Gasteiger partial charge on any atom is -0.391 e. The van der Waals surface area contributed by atoms with Crippen molar-refractivity contribution in [2.45, 2.75) is 18.9 Å². The van der Waals surface area contributed by atoms with Crippen LogP contribution in [0.15, 0.2) is 0 Å². The van der Waals surface area contributed by atoms with Gasteiger partial charge >= 0.3 is 0 Å². The van der Waals surface area contributed by atoms with Gasteiger partial charge in [-0.05, 0) is 18.8 Å². The molecule has 0 spiro atoms. The van der Waals surface area contributed by atoms with Crippen LogP contribution in [-0.4, -0.2) is 66.2 Å². The third-order valence-corrected chi connectivity index (χ3v) is 3.68. The van der Waals surface area contributed by atoms with Crippen LogP contribution >= 0.6 is 11.6 Å². The molecular weight excluding hydrogens is 212 g/mol. The lowest BCUT2D eigenvalue weighted by atomic mass is 10.2. The van der Waals surface area contributed by atoms with Crippen molar-refractivity contribution in [1.29, 1.82) is 0 Å². The summed E-state index contributed by atoms with van der Waals surface area (Å²) in [4.78, 5) is 4.87. The van der Waals surface area contributed by atoms with Crippen LogP contribution in [0.5, 0.6) is 0 Å². The second kappa shape index (κ2) is 5.48. The molecule has 0 aromatic heterocycles. The molecule has 1 atom stereocenters. The SMILES string of the molecule is OC(CCl)CN1CCN(CC2CC2)CC1. The van der Waals surface area contributed by atoms with Gasteiger partial charge in [0.1, 0.15) is 0 Å². The third kappa shape index (κ3) is 3.91. The summed E-state index contributed by atoms with van der Waals surface area (Å²) in [7, 11) is 0. The number of nitrogens with zero attached hydrogens (tertiary/aromatic N) is 2. The average Bonchev–Trinajstić information content (AvgIpc) is 3.05. The van der Waals surface area contributed by atoms with Crippen LogP contribution < -0.4 is 0 Å². The van der Waals surface area contributed by atoms with E-state index in [4.69, 9.17) is 11.6 Å². The first-order chi connectivity index (χ1) is 7.28. The molecule has 1 saturated heterocycles. The fraction of sp³-hybridized carbons (Fsp3) is 1.00.